The summed E-state index contributed by atoms with van der Waals surface area (Å²) in [6.07, 6.45) is 0.165. The number of thioether (sulfide) groups is 1. The minimum Gasteiger partial charge on any atom is -0.481 e. The molecule has 16 nitrogen and oxygen atoms in total. The second-order valence-electron chi connectivity index (χ2n) is 11.0. The Bertz CT molecular complexity index is 1080. The zero-order valence-corrected chi connectivity index (χ0v) is 37.1. The second kappa shape index (κ2) is 42.3. The lowest BCUT2D eigenvalue weighted by molar-refractivity contribution is -0.138. The molecular formula is C32H66N2O14S6. The maximum absolute atomic E-state index is 11.9. The maximum Gasteiger partial charge on any atom is 0.304 e. The molecule has 0 bridgehead atoms. The van der Waals surface area contributed by atoms with E-state index in [-0.39, 0.29) is 43.3 Å². The van der Waals surface area contributed by atoms with Gasteiger partial charge in [0.2, 0.25) is 0 Å². The zero-order chi connectivity index (χ0) is 41.4. The Kier molecular flexibility index (Phi) is 45.4. The molecule has 0 aliphatic rings. The summed E-state index contributed by atoms with van der Waals surface area (Å²) in [5, 5.41) is 18.0. The SMILES string of the molecule is C=CS(=O)(=O)CCOCCN(C)CCC(=O)O.CN(CCOCCS(=O)(=O)CCSCCOCCOCCS)CCC(=O)O.SCCOCCOCCS. The Morgan fingerprint density at radius 1 is 0.574 bits per heavy atom. The minimum atomic E-state index is -3.19. The van der Waals surface area contributed by atoms with Crippen molar-refractivity contribution in [3.8, 4) is 0 Å². The predicted molar refractivity (Wildman–Crippen MR) is 226 cm³/mol. The van der Waals surface area contributed by atoms with Crippen LogP contribution < -0.4 is 0 Å². The van der Waals surface area contributed by atoms with Crippen LogP contribution in [0.25, 0.3) is 0 Å². The molecule has 0 aliphatic carbocycles. The highest BCUT2D eigenvalue weighted by Gasteiger charge is 2.11. The standard InChI is InChI=1S/C16H33NO7S3.C10H19NO5S.C6H14O2S2/c1-17(3-2-16(18)19)4-5-22-10-14-27(20,21)15-13-26-12-9-24-7-6-23-8-11-25;1-3-17(14,15)9-8-16-7-6-11(2)5-4-10(12)13;9-5-3-7-1-2-8-4-6-10/h25H,2-15H2,1H3,(H,18,19);3H,1,4-9H2,2H3,(H,12,13);9-10H,1-6H2. The van der Waals surface area contributed by atoms with Crippen molar-refractivity contribution >= 4 is 81.3 Å². The Balaban J connectivity index is -0.000000816. The Morgan fingerprint density at radius 2 is 0.963 bits per heavy atom. The number of sulfone groups is 2. The fraction of sp³-hybridized carbons (Fsp3) is 0.875. The van der Waals surface area contributed by atoms with Crippen molar-refractivity contribution in [1.82, 2.24) is 9.80 Å². The van der Waals surface area contributed by atoms with Gasteiger partial charge in [-0.2, -0.15) is 49.6 Å². The number of carboxylic acids is 2. The number of hydrogen-bond donors (Lipinski definition) is 5. The molecule has 0 amide bonds. The van der Waals surface area contributed by atoms with Crippen LogP contribution in [0.5, 0.6) is 0 Å². The summed E-state index contributed by atoms with van der Waals surface area (Å²) in [5.41, 5.74) is 0. The van der Waals surface area contributed by atoms with Crippen molar-refractivity contribution in [1.29, 1.82) is 0 Å². The monoisotopic (exact) mass is 894 g/mol. The first kappa shape index (κ1) is 58.0. The molecule has 0 rings (SSSR count). The van der Waals surface area contributed by atoms with Crippen LogP contribution in [-0.4, -0.2) is 214 Å². The van der Waals surface area contributed by atoms with Crippen molar-refractivity contribution in [3.63, 3.8) is 0 Å². The van der Waals surface area contributed by atoms with Gasteiger partial charge in [0, 0.05) is 60.4 Å². The number of carboxylic acid groups (broad SMARTS) is 2. The van der Waals surface area contributed by atoms with Gasteiger partial charge in [-0.25, -0.2) is 16.8 Å². The number of aliphatic carboxylic acids is 2. The first-order chi connectivity index (χ1) is 25.7. The number of hydrogen-bond acceptors (Lipinski definition) is 18. The summed E-state index contributed by atoms with van der Waals surface area (Å²) in [6.45, 7) is 11.3. The molecular weight excluding hydrogens is 829 g/mol. The van der Waals surface area contributed by atoms with Gasteiger partial charge in [0.1, 0.15) is 0 Å². The lowest BCUT2D eigenvalue weighted by Crippen LogP contribution is -2.26. The molecule has 0 aromatic rings. The van der Waals surface area contributed by atoms with E-state index in [9.17, 15) is 26.4 Å². The molecule has 0 aliphatic heterocycles. The van der Waals surface area contributed by atoms with E-state index in [1.165, 1.54) is 0 Å². The van der Waals surface area contributed by atoms with E-state index in [0.717, 1.165) is 22.7 Å². The van der Waals surface area contributed by atoms with Crippen LogP contribution in [0.1, 0.15) is 12.8 Å². The van der Waals surface area contributed by atoms with Crippen LogP contribution in [-0.2, 0) is 57.7 Å². The van der Waals surface area contributed by atoms with Crippen molar-refractivity contribution < 1.29 is 65.1 Å². The molecule has 0 radical (unpaired) electrons. The number of ether oxygens (including phenoxy) is 6. The van der Waals surface area contributed by atoms with Gasteiger partial charge in [0.25, 0.3) is 0 Å². The largest absolute Gasteiger partial charge is 0.481 e. The third kappa shape index (κ3) is 51.7. The quantitative estimate of drug-likeness (QED) is 0.0442. The molecule has 0 heterocycles. The fourth-order valence-electron chi connectivity index (χ4n) is 3.23. The van der Waals surface area contributed by atoms with Gasteiger partial charge >= 0.3 is 11.9 Å². The minimum absolute atomic E-state index is 0.00534. The summed E-state index contributed by atoms with van der Waals surface area (Å²) >= 11 is 13.6. The Labute approximate surface area is 344 Å². The summed E-state index contributed by atoms with van der Waals surface area (Å²) in [7, 11) is -2.72. The topological polar surface area (TPSA) is 205 Å². The first-order valence-electron chi connectivity index (χ1n) is 17.4. The van der Waals surface area contributed by atoms with E-state index >= 15 is 0 Å². The maximum atomic E-state index is 11.9. The predicted octanol–water partition coefficient (Wildman–Crippen LogP) is 1.37. The molecule has 0 saturated carbocycles. The number of nitrogens with zero attached hydrogens (tertiary/aromatic N) is 2. The van der Waals surface area contributed by atoms with Crippen molar-refractivity contribution in [3.05, 3.63) is 12.0 Å². The highest BCUT2D eigenvalue weighted by molar-refractivity contribution is 8.00. The van der Waals surface area contributed by atoms with Gasteiger partial charge < -0.3 is 48.4 Å². The molecule has 54 heavy (non-hydrogen) atoms. The van der Waals surface area contributed by atoms with E-state index in [1.807, 2.05) is 9.80 Å². The van der Waals surface area contributed by atoms with E-state index in [4.69, 9.17) is 38.6 Å². The molecule has 324 valence electrons. The van der Waals surface area contributed by atoms with Crippen LogP contribution in [0.15, 0.2) is 12.0 Å². The van der Waals surface area contributed by atoms with Crippen LogP contribution in [0, 0.1) is 0 Å². The lowest BCUT2D eigenvalue weighted by Gasteiger charge is -2.15. The van der Waals surface area contributed by atoms with E-state index in [2.05, 4.69) is 44.5 Å². The number of rotatable bonds is 37. The first-order valence-corrected chi connectivity index (χ1v) is 24.0. The average molecular weight is 895 g/mol. The fourth-order valence-corrected chi connectivity index (χ4v) is 6.64. The second-order valence-corrected chi connectivity index (χ2v) is 18.0. The smallest absolute Gasteiger partial charge is 0.304 e. The molecule has 0 spiro atoms. The molecule has 0 unspecified atom stereocenters. The van der Waals surface area contributed by atoms with E-state index < -0.39 is 31.6 Å². The third-order valence-electron chi connectivity index (χ3n) is 6.32. The van der Waals surface area contributed by atoms with Crippen molar-refractivity contribution in [2.24, 2.45) is 0 Å². The molecule has 0 atom stereocenters. The van der Waals surface area contributed by atoms with Crippen molar-refractivity contribution in [2.45, 2.75) is 12.8 Å². The highest BCUT2D eigenvalue weighted by Crippen LogP contribution is 2.03. The van der Waals surface area contributed by atoms with Gasteiger partial charge in [-0.3, -0.25) is 9.59 Å². The summed E-state index contributed by atoms with van der Waals surface area (Å²) in [4.78, 5) is 24.4. The molecule has 2 N–H and O–H groups in total. The van der Waals surface area contributed by atoms with E-state index in [0.29, 0.717) is 104 Å². The van der Waals surface area contributed by atoms with Crippen molar-refractivity contribution in [2.75, 3.05) is 166 Å². The van der Waals surface area contributed by atoms with Crippen LogP contribution in [0.3, 0.4) is 0 Å². The van der Waals surface area contributed by atoms with Gasteiger partial charge in [-0.15, -0.1) is 0 Å². The third-order valence-corrected chi connectivity index (χ3v) is 10.9. The molecule has 0 fully saturated rings. The van der Waals surface area contributed by atoms with Crippen LogP contribution in [0.4, 0.5) is 0 Å². The highest BCUT2D eigenvalue weighted by atomic mass is 32.2. The molecule has 0 aromatic carbocycles. The summed E-state index contributed by atoms with van der Waals surface area (Å²) < 4.78 is 77.1. The Hall–Kier alpha value is -0.340. The van der Waals surface area contributed by atoms with Gasteiger partial charge in [-0.1, -0.05) is 6.58 Å². The van der Waals surface area contributed by atoms with E-state index in [1.54, 1.807) is 25.9 Å². The number of likely N-dealkylation sites (N-methyl/N-ethyl adjacent to an activating group) is 2. The average Bonchev–Trinajstić information content (AvgIpc) is 3.12. The molecule has 0 saturated heterocycles. The molecule has 0 aromatic heterocycles. The van der Waals surface area contributed by atoms with Crippen LogP contribution in [0.2, 0.25) is 0 Å². The number of carbonyl (C=O) groups is 2. The zero-order valence-electron chi connectivity index (χ0n) is 31.9. The van der Waals surface area contributed by atoms with Gasteiger partial charge in [0.05, 0.1) is 109 Å². The normalized spacial score (nSPS) is 11.5. The lowest BCUT2D eigenvalue weighted by atomic mass is 10.4. The Morgan fingerprint density at radius 3 is 1.35 bits per heavy atom. The summed E-state index contributed by atoms with van der Waals surface area (Å²) in [5.74, 6) is 1.91. The summed E-state index contributed by atoms with van der Waals surface area (Å²) in [6, 6.07) is 0. The molecule has 22 heteroatoms. The number of thiol groups is 3. The van der Waals surface area contributed by atoms with Crippen LogP contribution >= 0.6 is 49.6 Å². The van der Waals surface area contributed by atoms with Gasteiger partial charge in [0.15, 0.2) is 19.7 Å². The van der Waals surface area contributed by atoms with Gasteiger partial charge in [-0.05, 0) is 14.1 Å².